The van der Waals surface area contributed by atoms with Gasteiger partial charge < -0.3 is 18.9 Å². The summed E-state index contributed by atoms with van der Waals surface area (Å²) in [7, 11) is 1.67. The van der Waals surface area contributed by atoms with Crippen LogP contribution in [0.2, 0.25) is 0 Å². The predicted molar refractivity (Wildman–Crippen MR) is 119 cm³/mol. The van der Waals surface area contributed by atoms with Crippen molar-refractivity contribution in [2.45, 2.75) is 39.0 Å². The first-order chi connectivity index (χ1) is 15.2. The second-order valence-electron chi connectivity index (χ2n) is 7.92. The summed E-state index contributed by atoms with van der Waals surface area (Å²) in [5, 5.41) is 0. The zero-order valence-electron chi connectivity index (χ0n) is 18.2. The lowest BCUT2D eigenvalue weighted by atomic mass is 10.1. The number of aryl methyl sites for hydroxylation is 1. The van der Waals surface area contributed by atoms with E-state index in [1.165, 1.54) is 5.56 Å². The largest absolute Gasteiger partial charge is 0.497 e. The first-order valence-electron chi connectivity index (χ1n) is 10.7. The van der Waals surface area contributed by atoms with Gasteiger partial charge in [-0.15, -0.1) is 0 Å². The lowest BCUT2D eigenvalue weighted by molar-refractivity contribution is -0.137. The molecule has 3 aromatic rings. The van der Waals surface area contributed by atoms with Crippen LogP contribution in [0, 0.1) is 6.92 Å². The van der Waals surface area contributed by atoms with Gasteiger partial charge in [0.05, 0.1) is 19.8 Å². The van der Waals surface area contributed by atoms with Gasteiger partial charge in [0.1, 0.15) is 18.2 Å². The van der Waals surface area contributed by atoms with Gasteiger partial charge in [-0.2, -0.15) is 0 Å². The van der Waals surface area contributed by atoms with Crippen LogP contribution in [0.3, 0.4) is 0 Å². The Hall–Kier alpha value is -3.12. The average Bonchev–Trinajstić information content (AvgIpc) is 3.42. The maximum Gasteiger partial charge on any atom is 0.249 e. The summed E-state index contributed by atoms with van der Waals surface area (Å²) in [5.74, 6) is 1.81. The molecule has 0 spiro atoms. The molecule has 1 amide bonds. The van der Waals surface area contributed by atoms with Gasteiger partial charge in [-0.05, 0) is 43.0 Å². The summed E-state index contributed by atoms with van der Waals surface area (Å²) in [6.07, 6.45) is 3.79. The van der Waals surface area contributed by atoms with Crippen molar-refractivity contribution in [2.24, 2.45) is 0 Å². The molecular formula is C25H29N3O3. The minimum atomic E-state index is -0.0141. The number of imidazole rings is 1. The number of carbonyl (C=O) groups is 1. The van der Waals surface area contributed by atoms with Gasteiger partial charge in [0, 0.05) is 25.0 Å². The maximum atomic E-state index is 12.9. The number of benzene rings is 2. The topological polar surface area (TPSA) is 56.6 Å². The standard InChI is InChI=1S/C25H29N3O3/c1-19-15-26-25(28(19)16-20-10-12-22(30-2)13-11-20)23-9-6-14-27(23)24(29)18-31-17-21-7-4-3-5-8-21/h3-5,7-8,10-13,15,23H,6,9,14,16-18H2,1-2H3. The quantitative estimate of drug-likeness (QED) is 0.551. The zero-order chi connectivity index (χ0) is 21.6. The van der Waals surface area contributed by atoms with E-state index in [1.54, 1.807) is 7.11 Å². The van der Waals surface area contributed by atoms with Gasteiger partial charge in [0.15, 0.2) is 0 Å². The Balaban J connectivity index is 1.43. The summed E-state index contributed by atoms with van der Waals surface area (Å²) >= 11 is 0. The Morgan fingerprint density at radius 3 is 2.61 bits per heavy atom. The predicted octanol–water partition coefficient (Wildman–Crippen LogP) is 4.13. The highest BCUT2D eigenvalue weighted by Gasteiger charge is 2.33. The van der Waals surface area contributed by atoms with Crippen molar-refractivity contribution in [3.63, 3.8) is 0 Å². The molecule has 0 aliphatic carbocycles. The van der Waals surface area contributed by atoms with E-state index in [4.69, 9.17) is 14.5 Å². The van der Waals surface area contributed by atoms with Crippen molar-refractivity contribution in [3.8, 4) is 5.75 Å². The smallest absolute Gasteiger partial charge is 0.249 e. The van der Waals surface area contributed by atoms with Crippen LogP contribution in [-0.4, -0.2) is 40.6 Å². The van der Waals surface area contributed by atoms with E-state index in [9.17, 15) is 4.79 Å². The first kappa shape index (κ1) is 21.1. The second kappa shape index (κ2) is 9.79. The second-order valence-corrected chi connectivity index (χ2v) is 7.92. The molecule has 0 bridgehead atoms. The molecule has 1 saturated heterocycles. The van der Waals surface area contributed by atoms with E-state index >= 15 is 0 Å². The summed E-state index contributed by atoms with van der Waals surface area (Å²) in [4.78, 5) is 19.5. The van der Waals surface area contributed by atoms with Crippen LogP contribution >= 0.6 is 0 Å². The Bertz CT molecular complexity index is 999. The van der Waals surface area contributed by atoms with Crippen LogP contribution in [0.25, 0.3) is 0 Å². The molecule has 2 heterocycles. The van der Waals surface area contributed by atoms with Crippen LogP contribution < -0.4 is 4.74 Å². The van der Waals surface area contributed by atoms with Crippen LogP contribution in [0.1, 0.15) is 41.5 Å². The summed E-state index contributed by atoms with van der Waals surface area (Å²) in [6.45, 7) is 4.05. The molecule has 0 radical (unpaired) electrons. The third kappa shape index (κ3) is 4.97. The first-order valence-corrected chi connectivity index (χ1v) is 10.7. The van der Waals surface area contributed by atoms with Gasteiger partial charge in [-0.3, -0.25) is 4.79 Å². The molecule has 162 valence electrons. The van der Waals surface area contributed by atoms with E-state index < -0.39 is 0 Å². The molecule has 1 atom stereocenters. The van der Waals surface area contributed by atoms with Crippen molar-refractivity contribution < 1.29 is 14.3 Å². The molecule has 1 unspecified atom stereocenters. The molecule has 0 saturated carbocycles. The molecule has 1 aliphatic rings. The number of nitrogens with zero attached hydrogens (tertiary/aromatic N) is 3. The molecule has 1 aromatic heterocycles. The highest BCUT2D eigenvalue weighted by Crippen LogP contribution is 2.32. The molecule has 1 fully saturated rings. The number of aromatic nitrogens is 2. The van der Waals surface area contributed by atoms with Crippen molar-refractivity contribution in [1.29, 1.82) is 0 Å². The Morgan fingerprint density at radius 2 is 1.87 bits per heavy atom. The van der Waals surface area contributed by atoms with Gasteiger partial charge in [-0.1, -0.05) is 42.5 Å². The molecule has 0 N–H and O–H groups in total. The number of likely N-dealkylation sites (tertiary alicyclic amines) is 1. The van der Waals surface area contributed by atoms with Crippen LogP contribution in [0.4, 0.5) is 0 Å². The van der Waals surface area contributed by atoms with E-state index in [0.717, 1.165) is 42.2 Å². The molecule has 4 rings (SSSR count). The van der Waals surface area contributed by atoms with Gasteiger partial charge in [0.25, 0.3) is 0 Å². The minimum absolute atomic E-state index is 0.0141. The van der Waals surface area contributed by atoms with Crippen molar-refractivity contribution in [1.82, 2.24) is 14.5 Å². The fourth-order valence-corrected chi connectivity index (χ4v) is 4.11. The highest BCUT2D eigenvalue weighted by molar-refractivity contribution is 5.78. The van der Waals surface area contributed by atoms with Gasteiger partial charge >= 0.3 is 0 Å². The van der Waals surface area contributed by atoms with Crippen molar-refractivity contribution >= 4 is 5.91 Å². The summed E-state index contributed by atoms with van der Waals surface area (Å²) in [5.41, 5.74) is 3.33. The zero-order valence-corrected chi connectivity index (χ0v) is 18.2. The third-order valence-corrected chi connectivity index (χ3v) is 5.79. The van der Waals surface area contributed by atoms with E-state index in [2.05, 4.69) is 23.6 Å². The van der Waals surface area contributed by atoms with Crippen molar-refractivity contribution in [3.05, 3.63) is 83.4 Å². The Kier molecular flexibility index (Phi) is 6.67. The average molecular weight is 420 g/mol. The fraction of sp³-hybridized carbons (Fsp3) is 0.360. The SMILES string of the molecule is COc1ccc(Cn2c(C)cnc2C2CCCN2C(=O)COCc2ccccc2)cc1. The lowest BCUT2D eigenvalue weighted by Gasteiger charge is -2.25. The van der Waals surface area contributed by atoms with E-state index in [-0.39, 0.29) is 18.6 Å². The Morgan fingerprint density at radius 1 is 1.10 bits per heavy atom. The number of rotatable bonds is 8. The summed E-state index contributed by atoms with van der Waals surface area (Å²) in [6, 6.07) is 18.0. The third-order valence-electron chi connectivity index (χ3n) is 5.79. The highest BCUT2D eigenvalue weighted by atomic mass is 16.5. The summed E-state index contributed by atoms with van der Waals surface area (Å²) < 4.78 is 13.2. The number of carbonyl (C=O) groups excluding carboxylic acids is 1. The number of amides is 1. The molecule has 1 aliphatic heterocycles. The Labute approximate surface area is 183 Å². The molecule has 6 heteroatoms. The number of ether oxygens (including phenoxy) is 2. The van der Waals surface area contributed by atoms with Crippen LogP contribution in [0.5, 0.6) is 5.75 Å². The van der Waals surface area contributed by atoms with Crippen molar-refractivity contribution in [2.75, 3.05) is 20.3 Å². The molecule has 31 heavy (non-hydrogen) atoms. The van der Waals surface area contributed by atoms with E-state index in [0.29, 0.717) is 13.2 Å². The van der Waals surface area contributed by atoms with Gasteiger partial charge in [-0.25, -0.2) is 4.98 Å². The number of hydrogen-bond acceptors (Lipinski definition) is 4. The lowest BCUT2D eigenvalue weighted by Crippen LogP contribution is -2.34. The maximum absolute atomic E-state index is 12.9. The van der Waals surface area contributed by atoms with E-state index in [1.807, 2.05) is 53.6 Å². The minimum Gasteiger partial charge on any atom is -0.497 e. The molecule has 2 aromatic carbocycles. The molecule has 6 nitrogen and oxygen atoms in total. The van der Waals surface area contributed by atoms with Gasteiger partial charge in [0.2, 0.25) is 5.91 Å². The number of hydrogen-bond donors (Lipinski definition) is 0. The van der Waals surface area contributed by atoms with Crippen LogP contribution in [-0.2, 0) is 22.7 Å². The normalized spacial score (nSPS) is 15.9. The fourth-order valence-electron chi connectivity index (χ4n) is 4.11. The van der Waals surface area contributed by atoms with Crippen LogP contribution in [0.15, 0.2) is 60.8 Å². The molecular weight excluding hydrogens is 390 g/mol. The monoisotopic (exact) mass is 419 g/mol. The number of methoxy groups -OCH3 is 1.